The van der Waals surface area contributed by atoms with Gasteiger partial charge in [-0.1, -0.05) is 6.07 Å². The van der Waals surface area contributed by atoms with E-state index in [1.54, 1.807) is 51.5 Å². The molecule has 158 valence electrons. The molecule has 2 aromatic rings. The summed E-state index contributed by atoms with van der Waals surface area (Å²) >= 11 is 0. The predicted octanol–water partition coefficient (Wildman–Crippen LogP) is 2.96. The van der Waals surface area contributed by atoms with E-state index in [-0.39, 0.29) is 6.54 Å². The minimum absolute atomic E-state index is 0.321. The van der Waals surface area contributed by atoms with E-state index in [0.29, 0.717) is 17.2 Å². The molecule has 0 aliphatic heterocycles. The smallest absolute Gasteiger partial charge is 0.241 e. The van der Waals surface area contributed by atoms with Crippen LogP contribution < -0.4 is 19.1 Å². The van der Waals surface area contributed by atoms with Crippen molar-refractivity contribution in [3.8, 4) is 11.5 Å². The Morgan fingerprint density at radius 1 is 1.07 bits per heavy atom. The van der Waals surface area contributed by atoms with E-state index in [4.69, 9.17) is 9.47 Å². The molecule has 0 bridgehead atoms. The van der Waals surface area contributed by atoms with Crippen molar-refractivity contribution in [3.05, 3.63) is 53.1 Å². The lowest BCUT2D eigenvalue weighted by Crippen LogP contribution is -2.41. The van der Waals surface area contributed by atoms with Gasteiger partial charge in [-0.3, -0.25) is 9.10 Å². The van der Waals surface area contributed by atoms with Crippen molar-refractivity contribution in [3.63, 3.8) is 0 Å². The number of anilines is 1. The van der Waals surface area contributed by atoms with Crippen LogP contribution in [-0.2, 0) is 14.8 Å². The number of nitrogens with one attached hydrogen (secondary N) is 1. The van der Waals surface area contributed by atoms with Crippen molar-refractivity contribution >= 4 is 21.6 Å². The standard InChI is InChI=1S/C21H28N2O5S/c1-14-7-8-17(11-15(14)2)23(29(6,25)26)13-21(24)22-16(3)19-12-18(27-4)9-10-20(19)28-5/h7-12,16H,13H2,1-6H3,(H,22,24)/t16-/m1/s1. The number of carbonyl (C=O) groups is 1. The van der Waals surface area contributed by atoms with Crippen molar-refractivity contribution in [1.82, 2.24) is 5.32 Å². The lowest BCUT2D eigenvalue weighted by molar-refractivity contribution is -0.120. The maximum atomic E-state index is 12.7. The lowest BCUT2D eigenvalue weighted by Gasteiger charge is -2.24. The maximum Gasteiger partial charge on any atom is 0.241 e. The SMILES string of the molecule is COc1ccc(OC)c([C@@H](C)NC(=O)CN(c2ccc(C)c(C)c2)S(C)(=O)=O)c1. The summed E-state index contributed by atoms with van der Waals surface area (Å²) < 4.78 is 36.3. The van der Waals surface area contributed by atoms with Gasteiger partial charge in [0.15, 0.2) is 0 Å². The number of hydrogen-bond donors (Lipinski definition) is 1. The van der Waals surface area contributed by atoms with E-state index in [0.717, 1.165) is 27.3 Å². The van der Waals surface area contributed by atoms with Crippen LogP contribution in [0, 0.1) is 13.8 Å². The number of ether oxygens (including phenoxy) is 2. The molecule has 1 N–H and O–H groups in total. The Morgan fingerprint density at radius 2 is 1.76 bits per heavy atom. The summed E-state index contributed by atoms with van der Waals surface area (Å²) in [5, 5.41) is 2.84. The van der Waals surface area contributed by atoms with Gasteiger partial charge in [-0.15, -0.1) is 0 Å². The molecule has 0 fully saturated rings. The quantitative estimate of drug-likeness (QED) is 0.710. The second-order valence-electron chi connectivity index (χ2n) is 6.94. The van der Waals surface area contributed by atoms with Gasteiger partial charge in [-0.05, 0) is 62.2 Å². The normalized spacial score (nSPS) is 12.2. The molecule has 7 nitrogen and oxygen atoms in total. The summed E-state index contributed by atoms with van der Waals surface area (Å²) in [6, 6.07) is 10.2. The van der Waals surface area contributed by atoms with Crippen LogP contribution in [0.1, 0.15) is 29.7 Å². The third-order valence-corrected chi connectivity index (χ3v) is 5.89. The van der Waals surface area contributed by atoms with Crippen molar-refractivity contribution in [1.29, 1.82) is 0 Å². The van der Waals surface area contributed by atoms with Crippen LogP contribution in [0.5, 0.6) is 11.5 Å². The Hall–Kier alpha value is -2.74. The van der Waals surface area contributed by atoms with E-state index in [1.165, 1.54) is 0 Å². The summed E-state index contributed by atoms with van der Waals surface area (Å²) in [4.78, 5) is 12.7. The molecule has 29 heavy (non-hydrogen) atoms. The second-order valence-corrected chi connectivity index (χ2v) is 8.84. The van der Waals surface area contributed by atoms with Crippen LogP contribution in [0.2, 0.25) is 0 Å². The molecular formula is C21H28N2O5S. The van der Waals surface area contributed by atoms with E-state index in [1.807, 2.05) is 19.9 Å². The van der Waals surface area contributed by atoms with Gasteiger partial charge < -0.3 is 14.8 Å². The molecule has 0 spiro atoms. The molecule has 0 unspecified atom stereocenters. The van der Waals surface area contributed by atoms with Crippen LogP contribution in [-0.4, -0.2) is 41.3 Å². The molecule has 2 aromatic carbocycles. The number of aryl methyl sites for hydroxylation is 2. The Morgan fingerprint density at radius 3 is 2.31 bits per heavy atom. The number of sulfonamides is 1. The molecule has 0 aliphatic rings. The van der Waals surface area contributed by atoms with Gasteiger partial charge >= 0.3 is 0 Å². The molecule has 1 atom stereocenters. The number of carbonyl (C=O) groups excluding carboxylic acids is 1. The van der Waals surface area contributed by atoms with Crippen molar-refractivity contribution < 1.29 is 22.7 Å². The highest BCUT2D eigenvalue weighted by atomic mass is 32.2. The fourth-order valence-corrected chi connectivity index (χ4v) is 3.80. The van der Waals surface area contributed by atoms with Crippen molar-refractivity contribution in [2.75, 3.05) is 31.3 Å². The van der Waals surface area contributed by atoms with E-state index in [2.05, 4.69) is 5.32 Å². The summed E-state index contributed by atoms with van der Waals surface area (Å²) in [5.74, 6) is 0.813. The molecule has 0 radical (unpaired) electrons. The Kier molecular flexibility index (Phi) is 7.13. The number of nitrogens with zero attached hydrogens (tertiary/aromatic N) is 1. The number of methoxy groups -OCH3 is 2. The molecule has 0 saturated heterocycles. The van der Waals surface area contributed by atoms with Gasteiger partial charge in [-0.25, -0.2) is 8.42 Å². The van der Waals surface area contributed by atoms with Crippen LogP contribution in [0.4, 0.5) is 5.69 Å². The van der Waals surface area contributed by atoms with E-state index in [9.17, 15) is 13.2 Å². The Balaban J connectivity index is 2.23. The fraction of sp³-hybridized carbons (Fsp3) is 0.381. The first-order valence-electron chi connectivity index (χ1n) is 9.13. The summed E-state index contributed by atoms with van der Waals surface area (Å²) in [7, 11) is -0.534. The van der Waals surface area contributed by atoms with Crippen LogP contribution >= 0.6 is 0 Å². The van der Waals surface area contributed by atoms with Crippen molar-refractivity contribution in [2.24, 2.45) is 0 Å². The molecule has 8 heteroatoms. The van der Waals surface area contributed by atoms with Gasteiger partial charge in [-0.2, -0.15) is 0 Å². The molecule has 0 heterocycles. The van der Waals surface area contributed by atoms with Crippen LogP contribution in [0.25, 0.3) is 0 Å². The highest BCUT2D eigenvalue weighted by Gasteiger charge is 2.23. The average Bonchev–Trinajstić information content (AvgIpc) is 2.66. The zero-order valence-corrected chi connectivity index (χ0v) is 18.5. The average molecular weight is 421 g/mol. The summed E-state index contributed by atoms with van der Waals surface area (Å²) in [6.45, 7) is 5.32. The number of amides is 1. The predicted molar refractivity (Wildman–Crippen MR) is 114 cm³/mol. The minimum Gasteiger partial charge on any atom is -0.497 e. The number of rotatable bonds is 8. The first-order valence-corrected chi connectivity index (χ1v) is 11.0. The van der Waals surface area contributed by atoms with Gasteiger partial charge in [0.05, 0.1) is 32.2 Å². The third-order valence-electron chi connectivity index (χ3n) is 4.75. The molecule has 0 aliphatic carbocycles. The van der Waals surface area contributed by atoms with E-state index < -0.39 is 22.0 Å². The van der Waals surface area contributed by atoms with Gasteiger partial charge in [0, 0.05) is 5.56 Å². The van der Waals surface area contributed by atoms with Gasteiger partial charge in [0.1, 0.15) is 18.0 Å². The molecule has 2 rings (SSSR count). The number of benzene rings is 2. The number of hydrogen-bond acceptors (Lipinski definition) is 5. The van der Waals surface area contributed by atoms with Crippen LogP contribution in [0.3, 0.4) is 0 Å². The molecule has 0 saturated carbocycles. The van der Waals surface area contributed by atoms with Crippen LogP contribution in [0.15, 0.2) is 36.4 Å². The molecule has 0 aromatic heterocycles. The topological polar surface area (TPSA) is 84.9 Å². The van der Waals surface area contributed by atoms with Gasteiger partial charge in [0.25, 0.3) is 0 Å². The Bertz CT molecular complexity index is 989. The second kappa shape index (κ2) is 9.17. The Labute approximate surface area is 172 Å². The monoisotopic (exact) mass is 420 g/mol. The maximum absolute atomic E-state index is 12.7. The summed E-state index contributed by atoms with van der Waals surface area (Å²) in [5.41, 5.74) is 3.19. The first-order chi connectivity index (χ1) is 13.6. The lowest BCUT2D eigenvalue weighted by atomic mass is 10.1. The largest absolute Gasteiger partial charge is 0.497 e. The summed E-state index contributed by atoms with van der Waals surface area (Å²) in [6.07, 6.45) is 1.09. The molecule has 1 amide bonds. The zero-order chi connectivity index (χ0) is 21.8. The van der Waals surface area contributed by atoms with Gasteiger partial charge in [0.2, 0.25) is 15.9 Å². The highest BCUT2D eigenvalue weighted by molar-refractivity contribution is 7.92. The highest BCUT2D eigenvalue weighted by Crippen LogP contribution is 2.29. The zero-order valence-electron chi connectivity index (χ0n) is 17.6. The minimum atomic E-state index is -3.64. The van der Waals surface area contributed by atoms with E-state index >= 15 is 0 Å². The van der Waals surface area contributed by atoms with Crippen molar-refractivity contribution in [2.45, 2.75) is 26.8 Å². The fourth-order valence-electron chi connectivity index (χ4n) is 2.95. The first kappa shape index (κ1) is 22.5. The molecular weight excluding hydrogens is 392 g/mol. The third kappa shape index (κ3) is 5.63.